The number of aromatic nitrogens is 1. The van der Waals surface area contributed by atoms with E-state index in [4.69, 9.17) is 4.74 Å². The highest BCUT2D eigenvalue weighted by atomic mass is 19.1. The third-order valence-electron chi connectivity index (χ3n) is 3.83. The standard InChI is InChI=1S/C16H26FN3O/c1-12-10-20(11-16(2,3)21-12)8-7-14(18-4)15-6-5-13(17)9-19-15/h5-6,9,12,14,18H,7-8,10-11H2,1-4H3. The molecule has 0 aromatic carbocycles. The normalized spacial score (nSPS) is 24.0. The third kappa shape index (κ3) is 4.73. The molecule has 0 aliphatic carbocycles. The zero-order valence-electron chi connectivity index (χ0n) is 13.4. The van der Waals surface area contributed by atoms with E-state index in [2.05, 4.69) is 36.0 Å². The summed E-state index contributed by atoms with van der Waals surface area (Å²) in [7, 11) is 1.92. The van der Waals surface area contributed by atoms with Crippen LogP contribution in [0.5, 0.6) is 0 Å². The van der Waals surface area contributed by atoms with Crippen LogP contribution in [0, 0.1) is 5.82 Å². The fraction of sp³-hybridized carbons (Fsp3) is 0.688. The molecular formula is C16H26FN3O. The minimum Gasteiger partial charge on any atom is -0.370 e. The molecule has 1 aromatic rings. The van der Waals surface area contributed by atoms with E-state index in [9.17, 15) is 4.39 Å². The predicted octanol–water partition coefficient (Wildman–Crippen LogP) is 2.37. The first-order valence-corrected chi connectivity index (χ1v) is 7.58. The summed E-state index contributed by atoms with van der Waals surface area (Å²) in [5.74, 6) is -0.294. The molecule has 2 heterocycles. The van der Waals surface area contributed by atoms with Crippen molar-refractivity contribution in [3.8, 4) is 0 Å². The van der Waals surface area contributed by atoms with E-state index >= 15 is 0 Å². The highest BCUT2D eigenvalue weighted by Gasteiger charge is 2.31. The SMILES string of the molecule is CNC(CCN1CC(C)OC(C)(C)C1)c1ccc(F)cn1. The van der Waals surface area contributed by atoms with Gasteiger partial charge in [0.05, 0.1) is 29.6 Å². The van der Waals surface area contributed by atoms with Crippen molar-refractivity contribution in [3.05, 3.63) is 29.8 Å². The van der Waals surface area contributed by atoms with Crippen molar-refractivity contribution in [1.29, 1.82) is 0 Å². The van der Waals surface area contributed by atoms with Gasteiger partial charge < -0.3 is 10.1 Å². The average Bonchev–Trinajstić information content (AvgIpc) is 2.39. The number of pyridine rings is 1. The molecule has 2 rings (SSSR count). The van der Waals surface area contributed by atoms with Gasteiger partial charge in [-0.25, -0.2) is 4.39 Å². The fourth-order valence-electron chi connectivity index (χ4n) is 3.10. The van der Waals surface area contributed by atoms with Crippen LogP contribution < -0.4 is 5.32 Å². The molecule has 118 valence electrons. The second kappa shape index (κ2) is 6.81. The molecule has 0 bridgehead atoms. The lowest BCUT2D eigenvalue weighted by molar-refractivity contribution is -0.129. The Morgan fingerprint density at radius 1 is 1.52 bits per heavy atom. The molecule has 21 heavy (non-hydrogen) atoms. The van der Waals surface area contributed by atoms with E-state index < -0.39 is 0 Å². The highest BCUT2D eigenvalue weighted by Crippen LogP contribution is 2.22. The topological polar surface area (TPSA) is 37.4 Å². The second-order valence-electron chi connectivity index (χ2n) is 6.45. The Hall–Kier alpha value is -1.04. The summed E-state index contributed by atoms with van der Waals surface area (Å²) in [6.07, 6.45) is 2.48. The maximum absolute atomic E-state index is 13.0. The van der Waals surface area contributed by atoms with E-state index in [1.54, 1.807) is 6.07 Å². The van der Waals surface area contributed by atoms with Gasteiger partial charge in [0.2, 0.25) is 0 Å². The lowest BCUT2D eigenvalue weighted by atomic mass is 10.0. The van der Waals surface area contributed by atoms with Crippen LogP contribution in [0.25, 0.3) is 0 Å². The summed E-state index contributed by atoms with van der Waals surface area (Å²) in [4.78, 5) is 6.61. The van der Waals surface area contributed by atoms with Gasteiger partial charge in [0.1, 0.15) is 5.82 Å². The number of rotatable bonds is 5. The first kappa shape index (κ1) is 16.3. The molecule has 0 spiro atoms. The summed E-state index contributed by atoms with van der Waals surface area (Å²) in [5, 5.41) is 3.27. The van der Waals surface area contributed by atoms with Crippen LogP contribution >= 0.6 is 0 Å². The molecule has 0 radical (unpaired) electrons. The number of morpholine rings is 1. The molecule has 1 fully saturated rings. The summed E-state index contributed by atoms with van der Waals surface area (Å²) in [6, 6.07) is 3.36. The lowest BCUT2D eigenvalue weighted by Crippen LogP contribution is -2.52. The van der Waals surface area contributed by atoms with E-state index in [1.807, 2.05) is 7.05 Å². The Labute approximate surface area is 126 Å². The number of ether oxygens (including phenoxy) is 1. The molecule has 1 aliphatic heterocycles. The maximum atomic E-state index is 13.0. The van der Waals surface area contributed by atoms with Gasteiger partial charge in [0.15, 0.2) is 0 Å². The average molecular weight is 295 g/mol. The molecule has 2 unspecified atom stereocenters. The van der Waals surface area contributed by atoms with E-state index in [0.717, 1.165) is 31.7 Å². The lowest BCUT2D eigenvalue weighted by Gasteiger charge is -2.42. The third-order valence-corrected chi connectivity index (χ3v) is 3.83. The first-order valence-electron chi connectivity index (χ1n) is 7.58. The van der Waals surface area contributed by atoms with E-state index in [-0.39, 0.29) is 23.6 Å². The predicted molar refractivity (Wildman–Crippen MR) is 81.7 cm³/mol. The van der Waals surface area contributed by atoms with Gasteiger partial charge >= 0.3 is 0 Å². The summed E-state index contributed by atoms with van der Waals surface area (Å²) in [6.45, 7) is 9.24. The van der Waals surface area contributed by atoms with E-state index in [0.29, 0.717) is 0 Å². The maximum Gasteiger partial charge on any atom is 0.141 e. The van der Waals surface area contributed by atoms with Crippen LogP contribution in [-0.2, 0) is 4.74 Å². The molecule has 1 aliphatic rings. The van der Waals surface area contributed by atoms with Gasteiger partial charge in [0.25, 0.3) is 0 Å². The number of hydrogen-bond donors (Lipinski definition) is 1. The molecule has 1 N–H and O–H groups in total. The van der Waals surface area contributed by atoms with Crippen LogP contribution in [0.4, 0.5) is 4.39 Å². The van der Waals surface area contributed by atoms with Crippen molar-refractivity contribution in [1.82, 2.24) is 15.2 Å². The van der Waals surface area contributed by atoms with Gasteiger partial charge in [0, 0.05) is 19.6 Å². The second-order valence-corrected chi connectivity index (χ2v) is 6.45. The van der Waals surface area contributed by atoms with Crippen molar-refractivity contribution >= 4 is 0 Å². The molecule has 5 heteroatoms. The largest absolute Gasteiger partial charge is 0.370 e. The minimum absolute atomic E-state index is 0.0963. The number of nitrogens with one attached hydrogen (secondary N) is 1. The molecule has 2 atom stereocenters. The zero-order valence-corrected chi connectivity index (χ0v) is 13.4. The van der Waals surface area contributed by atoms with Crippen molar-refractivity contribution in [3.63, 3.8) is 0 Å². The van der Waals surface area contributed by atoms with Gasteiger partial charge in [-0.15, -0.1) is 0 Å². The van der Waals surface area contributed by atoms with Gasteiger partial charge in [-0.05, 0) is 46.4 Å². The molecular weight excluding hydrogens is 269 g/mol. The molecule has 4 nitrogen and oxygen atoms in total. The number of halogens is 1. The van der Waals surface area contributed by atoms with Crippen molar-refractivity contribution in [2.45, 2.75) is 44.9 Å². The zero-order chi connectivity index (χ0) is 15.5. The van der Waals surface area contributed by atoms with Gasteiger partial charge in [-0.1, -0.05) is 0 Å². The minimum atomic E-state index is -0.294. The molecule has 1 saturated heterocycles. The first-order chi connectivity index (χ1) is 9.89. The number of hydrogen-bond acceptors (Lipinski definition) is 4. The number of nitrogens with zero attached hydrogens (tertiary/aromatic N) is 2. The summed E-state index contributed by atoms with van der Waals surface area (Å²) < 4.78 is 18.9. The molecule has 0 saturated carbocycles. The quantitative estimate of drug-likeness (QED) is 0.905. The van der Waals surface area contributed by atoms with Gasteiger partial charge in [-0.2, -0.15) is 0 Å². The fourth-order valence-corrected chi connectivity index (χ4v) is 3.10. The van der Waals surface area contributed by atoms with Crippen LogP contribution in [-0.4, -0.2) is 48.3 Å². The Kier molecular flexibility index (Phi) is 5.30. The molecule has 0 amide bonds. The van der Waals surface area contributed by atoms with Crippen LogP contribution in [0.15, 0.2) is 18.3 Å². The van der Waals surface area contributed by atoms with E-state index in [1.165, 1.54) is 12.3 Å². The van der Waals surface area contributed by atoms with Crippen LogP contribution in [0.1, 0.15) is 38.9 Å². The van der Waals surface area contributed by atoms with Crippen LogP contribution in [0.3, 0.4) is 0 Å². The highest BCUT2D eigenvalue weighted by molar-refractivity contribution is 5.09. The van der Waals surface area contributed by atoms with Crippen LogP contribution in [0.2, 0.25) is 0 Å². The Morgan fingerprint density at radius 2 is 2.29 bits per heavy atom. The Balaban J connectivity index is 1.92. The Morgan fingerprint density at radius 3 is 2.86 bits per heavy atom. The monoisotopic (exact) mass is 295 g/mol. The van der Waals surface area contributed by atoms with Crippen molar-refractivity contribution in [2.24, 2.45) is 0 Å². The van der Waals surface area contributed by atoms with Gasteiger partial charge in [-0.3, -0.25) is 9.88 Å². The summed E-state index contributed by atoms with van der Waals surface area (Å²) in [5.41, 5.74) is 0.792. The summed E-state index contributed by atoms with van der Waals surface area (Å²) >= 11 is 0. The van der Waals surface area contributed by atoms with Crippen molar-refractivity contribution in [2.75, 3.05) is 26.7 Å². The Bertz CT molecular complexity index is 449. The van der Waals surface area contributed by atoms with Crippen molar-refractivity contribution < 1.29 is 9.13 Å². The molecule has 1 aromatic heterocycles. The smallest absolute Gasteiger partial charge is 0.141 e.